The molecule has 3 atom stereocenters. The molecule has 0 spiro atoms. The standard InChI is InChI=1S/C29H39Cl2N5O3/c1-4-25(37)23-13-32-28(34-26(23)33-17(2)22-8-7-20(30)10-24(22)31)36-15-19(16-36)18-6-5-9-35(14-18)21-11-29(3,12-21)27(38)39/h7-8,10,13,17-19,21,25,37H,4-6,9,11-12,14-16H2,1-3H3,(H,38,39)(H,32,33,34)/t17?,18-,21?,25?,29?/m0/s1. The Morgan fingerprint density at radius 2 is 1.95 bits per heavy atom. The molecule has 2 aliphatic heterocycles. The van der Waals surface area contributed by atoms with E-state index in [0.717, 1.165) is 44.6 Å². The highest BCUT2D eigenvalue weighted by atomic mass is 35.5. The average molecular weight is 577 g/mol. The Morgan fingerprint density at radius 3 is 2.62 bits per heavy atom. The van der Waals surface area contributed by atoms with Gasteiger partial charge in [-0.3, -0.25) is 4.79 Å². The summed E-state index contributed by atoms with van der Waals surface area (Å²) in [5.41, 5.74) is 1.02. The lowest BCUT2D eigenvalue weighted by molar-refractivity contribution is -0.158. The smallest absolute Gasteiger partial charge is 0.309 e. The van der Waals surface area contributed by atoms with Crippen molar-refractivity contribution in [2.45, 2.75) is 71.1 Å². The molecule has 10 heteroatoms. The van der Waals surface area contributed by atoms with Crippen LogP contribution in [-0.2, 0) is 4.79 Å². The summed E-state index contributed by atoms with van der Waals surface area (Å²) in [6, 6.07) is 5.70. The molecule has 0 bridgehead atoms. The van der Waals surface area contributed by atoms with Crippen LogP contribution in [0.15, 0.2) is 24.4 Å². The summed E-state index contributed by atoms with van der Waals surface area (Å²) in [5, 5.41) is 24.7. The molecule has 5 rings (SSSR count). The number of benzene rings is 1. The first-order valence-corrected chi connectivity index (χ1v) is 14.8. The van der Waals surface area contributed by atoms with E-state index in [0.29, 0.717) is 51.7 Å². The van der Waals surface area contributed by atoms with E-state index in [1.807, 2.05) is 32.9 Å². The third kappa shape index (κ3) is 5.85. The number of likely N-dealkylation sites (tertiary alicyclic amines) is 1. The van der Waals surface area contributed by atoms with Gasteiger partial charge in [0.05, 0.1) is 17.6 Å². The van der Waals surface area contributed by atoms with Crippen molar-refractivity contribution in [1.82, 2.24) is 14.9 Å². The molecule has 39 heavy (non-hydrogen) atoms. The fourth-order valence-corrected chi connectivity index (χ4v) is 6.97. The Hall–Kier alpha value is -2.13. The average Bonchev–Trinajstić information content (AvgIpc) is 2.85. The van der Waals surface area contributed by atoms with Gasteiger partial charge in [-0.2, -0.15) is 4.98 Å². The third-order valence-corrected chi connectivity index (χ3v) is 9.65. The van der Waals surface area contributed by atoms with Gasteiger partial charge in [0.25, 0.3) is 0 Å². The predicted molar refractivity (Wildman–Crippen MR) is 155 cm³/mol. The number of carboxylic acid groups (broad SMARTS) is 1. The van der Waals surface area contributed by atoms with Crippen molar-refractivity contribution >= 4 is 40.9 Å². The van der Waals surface area contributed by atoms with Crippen molar-refractivity contribution in [2.75, 3.05) is 36.4 Å². The Kier molecular flexibility index (Phi) is 8.30. The lowest BCUT2D eigenvalue weighted by Crippen LogP contribution is -2.58. The first-order chi connectivity index (χ1) is 18.6. The Labute approximate surface area is 240 Å². The molecule has 1 aromatic carbocycles. The maximum absolute atomic E-state index is 11.5. The Balaban J connectivity index is 1.23. The summed E-state index contributed by atoms with van der Waals surface area (Å²) in [7, 11) is 0. The van der Waals surface area contributed by atoms with Crippen LogP contribution in [0.4, 0.5) is 11.8 Å². The second-order valence-electron chi connectivity index (χ2n) is 11.9. The minimum absolute atomic E-state index is 0.146. The number of halogens is 2. The quantitative estimate of drug-likeness (QED) is 0.344. The molecule has 2 saturated heterocycles. The lowest BCUT2D eigenvalue weighted by Gasteiger charge is -2.52. The maximum atomic E-state index is 11.5. The van der Waals surface area contributed by atoms with Crippen LogP contribution < -0.4 is 10.2 Å². The largest absolute Gasteiger partial charge is 0.481 e. The van der Waals surface area contributed by atoms with Crippen LogP contribution in [0.5, 0.6) is 0 Å². The second kappa shape index (κ2) is 11.4. The molecule has 3 fully saturated rings. The van der Waals surface area contributed by atoms with Crippen molar-refractivity contribution in [3.05, 3.63) is 45.6 Å². The molecule has 1 saturated carbocycles. The number of anilines is 2. The van der Waals surface area contributed by atoms with Crippen LogP contribution in [0.1, 0.15) is 76.1 Å². The molecule has 1 aromatic heterocycles. The molecule has 8 nitrogen and oxygen atoms in total. The molecule has 3 heterocycles. The van der Waals surface area contributed by atoms with Gasteiger partial charge in [0, 0.05) is 47.5 Å². The van der Waals surface area contributed by atoms with Crippen LogP contribution in [0.25, 0.3) is 0 Å². The van der Waals surface area contributed by atoms with Crippen LogP contribution in [0.2, 0.25) is 10.0 Å². The van der Waals surface area contributed by atoms with E-state index in [-0.39, 0.29) is 6.04 Å². The highest BCUT2D eigenvalue weighted by Gasteiger charge is 2.49. The molecule has 212 valence electrons. The van der Waals surface area contributed by atoms with Crippen molar-refractivity contribution in [3.8, 4) is 0 Å². The van der Waals surface area contributed by atoms with Crippen molar-refractivity contribution in [3.63, 3.8) is 0 Å². The van der Waals surface area contributed by atoms with E-state index in [9.17, 15) is 15.0 Å². The number of carbonyl (C=O) groups is 1. The number of hydrogen-bond acceptors (Lipinski definition) is 7. The van der Waals surface area contributed by atoms with Crippen molar-refractivity contribution in [2.24, 2.45) is 17.3 Å². The summed E-state index contributed by atoms with van der Waals surface area (Å²) >= 11 is 12.5. The fourth-order valence-electron chi connectivity index (χ4n) is 6.39. The molecule has 2 aromatic rings. The zero-order chi connectivity index (χ0) is 27.9. The number of piperidine rings is 1. The number of aromatic nitrogens is 2. The SMILES string of the molecule is CCC(O)c1cnc(N2CC([C@H]3CCCN(C4CC(C)(C(=O)O)C4)C3)C2)nc1NC(C)c1ccc(Cl)cc1Cl. The number of nitrogens with one attached hydrogen (secondary N) is 1. The van der Waals surface area contributed by atoms with Gasteiger partial charge in [-0.1, -0.05) is 36.2 Å². The monoisotopic (exact) mass is 575 g/mol. The number of aliphatic hydroxyl groups excluding tert-OH is 1. The van der Waals surface area contributed by atoms with E-state index in [4.69, 9.17) is 28.2 Å². The van der Waals surface area contributed by atoms with E-state index in [1.54, 1.807) is 12.3 Å². The number of nitrogens with zero attached hydrogens (tertiary/aromatic N) is 4. The van der Waals surface area contributed by atoms with Crippen LogP contribution in [0.3, 0.4) is 0 Å². The van der Waals surface area contributed by atoms with Gasteiger partial charge < -0.3 is 25.3 Å². The normalized spacial score (nSPS) is 27.4. The zero-order valence-electron chi connectivity index (χ0n) is 22.9. The molecular weight excluding hydrogens is 537 g/mol. The summed E-state index contributed by atoms with van der Waals surface area (Å²) in [6.07, 6.45) is 5.52. The number of rotatable bonds is 9. The molecule has 2 unspecified atom stereocenters. The number of aliphatic carboxylic acids is 1. The Bertz CT molecular complexity index is 1200. The maximum Gasteiger partial charge on any atom is 0.309 e. The number of aliphatic hydroxyl groups is 1. The van der Waals surface area contributed by atoms with E-state index in [2.05, 4.69) is 20.1 Å². The van der Waals surface area contributed by atoms with Crippen molar-refractivity contribution < 1.29 is 15.0 Å². The first-order valence-electron chi connectivity index (χ1n) is 14.1. The van der Waals surface area contributed by atoms with Gasteiger partial charge >= 0.3 is 5.97 Å². The van der Waals surface area contributed by atoms with Crippen LogP contribution in [0, 0.1) is 17.3 Å². The van der Waals surface area contributed by atoms with Gasteiger partial charge in [-0.05, 0) is 82.0 Å². The molecule has 0 radical (unpaired) electrons. The minimum Gasteiger partial charge on any atom is -0.481 e. The van der Waals surface area contributed by atoms with Gasteiger partial charge in [0.2, 0.25) is 5.95 Å². The van der Waals surface area contributed by atoms with E-state index < -0.39 is 17.5 Å². The minimum atomic E-state index is -0.668. The summed E-state index contributed by atoms with van der Waals surface area (Å²) in [6.45, 7) is 9.74. The van der Waals surface area contributed by atoms with Gasteiger partial charge in [0.15, 0.2) is 0 Å². The highest BCUT2D eigenvalue weighted by Crippen LogP contribution is 2.45. The number of carboxylic acids is 1. The van der Waals surface area contributed by atoms with Gasteiger partial charge in [-0.25, -0.2) is 4.98 Å². The topological polar surface area (TPSA) is 102 Å². The zero-order valence-corrected chi connectivity index (χ0v) is 24.4. The van der Waals surface area contributed by atoms with Crippen LogP contribution >= 0.6 is 23.2 Å². The lowest BCUT2D eigenvalue weighted by atomic mass is 9.65. The van der Waals surface area contributed by atoms with E-state index >= 15 is 0 Å². The van der Waals surface area contributed by atoms with E-state index in [1.165, 1.54) is 12.8 Å². The fraction of sp³-hybridized carbons (Fsp3) is 0.621. The molecule has 3 N–H and O–H groups in total. The summed E-state index contributed by atoms with van der Waals surface area (Å²) in [4.78, 5) is 25.8. The first kappa shape index (κ1) is 28.4. The third-order valence-electron chi connectivity index (χ3n) is 9.09. The van der Waals surface area contributed by atoms with Crippen LogP contribution in [-0.4, -0.2) is 63.3 Å². The summed E-state index contributed by atoms with van der Waals surface area (Å²) in [5.74, 6) is 1.80. The molecule has 1 aliphatic carbocycles. The number of hydrogen-bond donors (Lipinski definition) is 3. The van der Waals surface area contributed by atoms with Gasteiger partial charge in [0.1, 0.15) is 5.82 Å². The van der Waals surface area contributed by atoms with Gasteiger partial charge in [-0.15, -0.1) is 0 Å². The summed E-state index contributed by atoms with van der Waals surface area (Å²) < 4.78 is 0. The molecular formula is C29H39Cl2N5O3. The molecule has 0 amide bonds. The highest BCUT2D eigenvalue weighted by molar-refractivity contribution is 6.35. The predicted octanol–water partition coefficient (Wildman–Crippen LogP) is 5.80. The second-order valence-corrected chi connectivity index (χ2v) is 12.8. The van der Waals surface area contributed by atoms with Crippen molar-refractivity contribution in [1.29, 1.82) is 0 Å². The Morgan fingerprint density at radius 1 is 1.21 bits per heavy atom. The molecule has 3 aliphatic rings.